The first kappa shape index (κ1) is 18.8. The molecule has 7 heteroatoms. The van der Waals surface area contributed by atoms with Gasteiger partial charge in [-0.15, -0.1) is 0 Å². The molecule has 0 atom stereocenters. The molecule has 0 aliphatic carbocycles. The lowest BCUT2D eigenvalue weighted by molar-refractivity contribution is 0.601. The average molecular weight is 382 g/mol. The monoisotopic (exact) mass is 382 g/mol. The van der Waals surface area contributed by atoms with Crippen LogP contribution in [0.4, 0.5) is 11.5 Å². The first-order valence-electron chi connectivity index (χ1n) is 8.60. The highest BCUT2D eigenvalue weighted by atomic mass is 32.2. The molecule has 0 spiro atoms. The summed E-state index contributed by atoms with van der Waals surface area (Å²) in [5, 5.41) is 0. The molecular weight excluding hydrogens is 360 g/mol. The van der Waals surface area contributed by atoms with E-state index in [4.69, 9.17) is 0 Å². The van der Waals surface area contributed by atoms with E-state index in [0.717, 1.165) is 24.2 Å². The van der Waals surface area contributed by atoms with Crippen LogP contribution in [0.2, 0.25) is 0 Å². The fourth-order valence-corrected chi connectivity index (χ4v) is 3.74. The van der Waals surface area contributed by atoms with Crippen LogP contribution in [0.1, 0.15) is 11.1 Å². The first-order valence-corrected chi connectivity index (χ1v) is 10.1. The molecule has 0 aliphatic heterocycles. The van der Waals surface area contributed by atoms with Gasteiger partial charge in [0.2, 0.25) is 0 Å². The summed E-state index contributed by atoms with van der Waals surface area (Å²) in [5.74, 6) is 0.294. The van der Waals surface area contributed by atoms with Crippen molar-refractivity contribution < 1.29 is 8.42 Å². The van der Waals surface area contributed by atoms with Gasteiger partial charge in [-0.2, -0.15) is 0 Å². The maximum Gasteiger partial charge on any atom is 0.263 e. The smallest absolute Gasteiger partial charge is 0.263 e. The molecule has 0 saturated carbocycles. The van der Waals surface area contributed by atoms with Gasteiger partial charge in [-0.1, -0.05) is 12.1 Å². The van der Waals surface area contributed by atoms with Crippen molar-refractivity contribution in [2.75, 3.05) is 23.2 Å². The van der Waals surface area contributed by atoms with Crippen LogP contribution < -0.4 is 9.62 Å². The molecule has 0 fully saturated rings. The number of hydrogen-bond acceptors (Lipinski definition) is 5. The fraction of sp³-hybridized carbons (Fsp3) is 0.200. The van der Waals surface area contributed by atoms with E-state index in [-0.39, 0.29) is 4.90 Å². The Morgan fingerprint density at radius 1 is 1.07 bits per heavy atom. The predicted octanol–water partition coefficient (Wildman–Crippen LogP) is 3.26. The van der Waals surface area contributed by atoms with Crippen LogP contribution in [-0.4, -0.2) is 32.0 Å². The summed E-state index contributed by atoms with van der Waals surface area (Å²) in [6, 6.07) is 14.3. The summed E-state index contributed by atoms with van der Waals surface area (Å²) in [4.78, 5) is 10.6. The third-order valence-corrected chi connectivity index (χ3v) is 5.57. The number of sulfonamides is 1. The second-order valence-electron chi connectivity index (χ2n) is 6.35. The molecule has 0 amide bonds. The number of anilines is 2. The van der Waals surface area contributed by atoms with Crippen molar-refractivity contribution in [1.82, 2.24) is 9.97 Å². The molecule has 27 heavy (non-hydrogen) atoms. The Bertz CT molecular complexity index is 990. The number of rotatable bonds is 7. The second-order valence-corrected chi connectivity index (χ2v) is 8.03. The van der Waals surface area contributed by atoms with Crippen LogP contribution in [-0.2, 0) is 16.4 Å². The van der Waals surface area contributed by atoms with Crippen LogP contribution >= 0.6 is 0 Å². The standard InChI is InChI=1S/C20H22N4O2S/c1-16-4-3-5-19(14-16)27(25,26)23-20-7-6-18(15-22-20)24(2)13-10-17-8-11-21-12-9-17/h3-9,11-12,14-15H,10,13H2,1-2H3,(H,22,23). The largest absolute Gasteiger partial charge is 0.373 e. The molecule has 0 bridgehead atoms. The van der Waals surface area contributed by atoms with Crippen LogP contribution in [0.3, 0.4) is 0 Å². The Hall–Kier alpha value is -2.93. The Morgan fingerprint density at radius 2 is 1.85 bits per heavy atom. The SMILES string of the molecule is Cc1cccc(S(=O)(=O)Nc2ccc(N(C)CCc3ccncc3)cn2)c1. The van der Waals surface area contributed by atoms with Crippen molar-refractivity contribution in [1.29, 1.82) is 0 Å². The van der Waals surface area contributed by atoms with Gasteiger partial charge in [0.15, 0.2) is 0 Å². The van der Waals surface area contributed by atoms with Gasteiger partial charge in [-0.05, 0) is 60.9 Å². The summed E-state index contributed by atoms with van der Waals surface area (Å²) in [6.07, 6.45) is 6.12. The number of aryl methyl sites for hydroxylation is 1. The number of pyridine rings is 2. The van der Waals surface area contributed by atoms with Gasteiger partial charge < -0.3 is 4.90 Å². The molecular formula is C20H22N4O2S. The lowest BCUT2D eigenvalue weighted by atomic mass is 10.2. The molecule has 0 radical (unpaired) electrons. The van der Waals surface area contributed by atoms with Crippen LogP contribution in [0.25, 0.3) is 0 Å². The summed E-state index contributed by atoms with van der Waals surface area (Å²) >= 11 is 0. The number of nitrogens with one attached hydrogen (secondary N) is 1. The Labute approximate surface area is 160 Å². The van der Waals surface area contributed by atoms with Gasteiger partial charge in [0.1, 0.15) is 5.82 Å². The van der Waals surface area contributed by atoms with Gasteiger partial charge in [-0.3, -0.25) is 9.71 Å². The van der Waals surface area contributed by atoms with Crippen LogP contribution in [0, 0.1) is 6.92 Å². The quantitative estimate of drug-likeness (QED) is 0.679. The van der Waals surface area contributed by atoms with Crippen molar-refractivity contribution >= 4 is 21.5 Å². The van der Waals surface area contributed by atoms with Crippen molar-refractivity contribution in [3.63, 3.8) is 0 Å². The van der Waals surface area contributed by atoms with E-state index in [1.165, 1.54) is 5.56 Å². The third kappa shape index (κ3) is 5.04. The number of nitrogens with zero attached hydrogens (tertiary/aromatic N) is 3. The van der Waals surface area contributed by atoms with Crippen molar-refractivity contribution in [2.24, 2.45) is 0 Å². The van der Waals surface area contributed by atoms with Gasteiger partial charge >= 0.3 is 0 Å². The number of benzene rings is 1. The van der Waals surface area contributed by atoms with E-state index in [1.54, 1.807) is 42.9 Å². The highest BCUT2D eigenvalue weighted by Crippen LogP contribution is 2.18. The van der Waals surface area contributed by atoms with E-state index >= 15 is 0 Å². The van der Waals surface area contributed by atoms with Gasteiger partial charge in [0.05, 0.1) is 16.8 Å². The summed E-state index contributed by atoms with van der Waals surface area (Å²) in [7, 11) is -1.67. The molecule has 0 saturated heterocycles. The Morgan fingerprint density at radius 3 is 2.52 bits per heavy atom. The Balaban J connectivity index is 1.64. The molecule has 2 aromatic heterocycles. The maximum atomic E-state index is 12.5. The molecule has 0 unspecified atom stereocenters. The number of aromatic nitrogens is 2. The number of likely N-dealkylation sites (N-methyl/N-ethyl adjacent to an activating group) is 1. The van der Waals surface area contributed by atoms with Crippen molar-refractivity contribution in [2.45, 2.75) is 18.2 Å². The van der Waals surface area contributed by atoms with E-state index in [0.29, 0.717) is 5.82 Å². The molecule has 2 heterocycles. The zero-order valence-corrected chi connectivity index (χ0v) is 16.1. The van der Waals surface area contributed by atoms with Gasteiger partial charge in [-0.25, -0.2) is 13.4 Å². The predicted molar refractivity (Wildman–Crippen MR) is 107 cm³/mol. The summed E-state index contributed by atoms with van der Waals surface area (Å²) < 4.78 is 27.5. The molecule has 1 aromatic carbocycles. The zero-order chi connectivity index (χ0) is 19.3. The normalized spacial score (nSPS) is 11.2. The molecule has 0 aliphatic rings. The second kappa shape index (κ2) is 8.18. The van der Waals surface area contributed by atoms with Crippen LogP contribution in [0.15, 0.2) is 72.0 Å². The molecule has 1 N–H and O–H groups in total. The molecule has 140 valence electrons. The average Bonchev–Trinajstić information content (AvgIpc) is 2.67. The highest BCUT2D eigenvalue weighted by Gasteiger charge is 2.15. The topological polar surface area (TPSA) is 75.2 Å². The minimum absolute atomic E-state index is 0.225. The molecule has 3 aromatic rings. The summed E-state index contributed by atoms with van der Waals surface area (Å²) in [6.45, 7) is 2.67. The van der Waals surface area contributed by atoms with Crippen molar-refractivity contribution in [3.8, 4) is 0 Å². The van der Waals surface area contributed by atoms with E-state index in [1.807, 2.05) is 38.2 Å². The highest BCUT2D eigenvalue weighted by molar-refractivity contribution is 7.92. The van der Waals surface area contributed by atoms with Crippen molar-refractivity contribution in [3.05, 3.63) is 78.2 Å². The van der Waals surface area contributed by atoms with E-state index in [9.17, 15) is 8.42 Å². The lowest BCUT2D eigenvalue weighted by Crippen LogP contribution is -2.20. The Kier molecular flexibility index (Phi) is 5.71. The zero-order valence-electron chi connectivity index (χ0n) is 15.3. The third-order valence-electron chi connectivity index (χ3n) is 4.21. The van der Waals surface area contributed by atoms with Gasteiger partial charge in [0.25, 0.3) is 10.0 Å². The van der Waals surface area contributed by atoms with Crippen LogP contribution in [0.5, 0.6) is 0 Å². The van der Waals surface area contributed by atoms with E-state index in [2.05, 4.69) is 19.6 Å². The maximum absolute atomic E-state index is 12.5. The minimum Gasteiger partial charge on any atom is -0.373 e. The molecule has 6 nitrogen and oxygen atoms in total. The van der Waals surface area contributed by atoms with Gasteiger partial charge in [0, 0.05) is 26.0 Å². The minimum atomic E-state index is -3.65. The lowest BCUT2D eigenvalue weighted by Gasteiger charge is -2.19. The summed E-state index contributed by atoms with van der Waals surface area (Å²) in [5.41, 5.74) is 3.02. The molecule has 3 rings (SSSR count). The van der Waals surface area contributed by atoms with E-state index < -0.39 is 10.0 Å². The number of hydrogen-bond donors (Lipinski definition) is 1. The first-order chi connectivity index (χ1) is 12.9. The fourth-order valence-electron chi connectivity index (χ4n) is 2.63.